The Balaban J connectivity index is 0. The Labute approximate surface area is 117 Å². The number of rotatable bonds is 2. The van der Waals surface area contributed by atoms with Crippen LogP contribution in [0.15, 0.2) is 0 Å². The molecule has 102 valence electrons. The van der Waals surface area contributed by atoms with Crippen molar-refractivity contribution in [1.29, 1.82) is 0 Å². The van der Waals surface area contributed by atoms with Crippen LogP contribution in [0.1, 0.15) is 13.8 Å². The van der Waals surface area contributed by atoms with Gasteiger partial charge in [-0.1, -0.05) is 0 Å². The van der Waals surface area contributed by atoms with Crippen LogP contribution < -0.4 is 5.32 Å². The minimum Gasteiger partial charge on any atom is -0.366 e. The average Bonchev–Trinajstić information content (AvgIpc) is 2.29. The zero-order valence-corrected chi connectivity index (χ0v) is 13.7. The summed E-state index contributed by atoms with van der Waals surface area (Å²) in [7, 11) is 9.56. The summed E-state index contributed by atoms with van der Waals surface area (Å²) in [5, 5.41) is 4.51. The number of hydrogen-bond acceptors (Lipinski definition) is 2. The van der Waals surface area contributed by atoms with Crippen LogP contribution in [0.5, 0.6) is 0 Å². The van der Waals surface area contributed by atoms with Crippen molar-refractivity contribution in [1.82, 2.24) is 20.0 Å². The maximum absolute atomic E-state index is 5.15. The molecule has 0 aromatic carbocycles. The number of nitrogens with one attached hydrogen (secondary N) is 1. The fourth-order valence-electron chi connectivity index (χ4n) is 1.00. The van der Waals surface area contributed by atoms with Gasteiger partial charge in [0.25, 0.3) is 0 Å². The van der Waals surface area contributed by atoms with Gasteiger partial charge < -0.3 is 20.0 Å². The predicted molar refractivity (Wildman–Crippen MR) is 84.6 cm³/mol. The number of nitrogens with zero attached hydrogens (tertiary/aromatic N) is 3. The first-order valence-corrected chi connectivity index (χ1v) is 6.48. The standard InChI is InChI=1S/C7H16N2S.C4H10N2S/c1-5-9(6-2)7(10)8(3)4;1-5-4(7)6(2)3/h5-6H2,1-4H3;1-3H3,(H,5,7). The normalized spacial score (nSPS) is 8.65. The molecule has 0 saturated heterocycles. The van der Waals surface area contributed by atoms with Crippen molar-refractivity contribution in [3.63, 3.8) is 0 Å². The second kappa shape index (κ2) is 10.5. The lowest BCUT2D eigenvalue weighted by molar-refractivity contribution is 0.410. The smallest absolute Gasteiger partial charge is 0.171 e. The molecule has 0 atom stereocenters. The van der Waals surface area contributed by atoms with Gasteiger partial charge in [0.1, 0.15) is 0 Å². The number of hydrogen-bond donors (Lipinski definition) is 1. The van der Waals surface area contributed by atoms with Crippen molar-refractivity contribution in [3.8, 4) is 0 Å². The van der Waals surface area contributed by atoms with Crippen molar-refractivity contribution in [2.75, 3.05) is 48.3 Å². The molecule has 0 amide bonds. The van der Waals surface area contributed by atoms with Crippen LogP contribution in [-0.4, -0.2) is 73.3 Å². The van der Waals surface area contributed by atoms with Gasteiger partial charge in [-0.15, -0.1) is 0 Å². The minimum absolute atomic E-state index is 0.764. The van der Waals surface area contributed by atoms with Crippen LogP contribution in [0.4, 0.5) is 0 Å². The molecule has 0 rings (SSSR count). The van der Waals surface area contributed by atoms with Crippen molar-refractivity contribution in [2.45, 2.75) is 13.8 Å². The molecule has 0 bridgehead atoms. The molecule has 6 heteroatoms. The van der Waals surface area contributed by atoms with Gasteiger partial charge in [-0.05, 0) is 38.3 Å². The third-order valence-electron chi connectivity index (χ3n) is 2.04. The lowest BCUT2D eigenvalue weighted by atomic mass is 10.5. The second-order valence-electron chi connectivity index (χ2n) is 3.80. The molecule has 0 radical (unpaired) electrons. The molecule has 0 aliphatic carbocycles. The Morgan fingerprint density at radius 2 is 1.35 bits per heavy atom. The van der Waals surface area contributed by atoms with E-state index in [1.807, 2.05) is 45.0 Å². The highest BCUT2D eigenvalue weighted by Gasteiger charge is 2.04. The summed E-state index contributed by atoms with van der Waals surface area (Å²) in [6.45, 7) is 6.21. The molecule has 0 fully saturated rings. The van der Waals surface area contributed by atoms with Gasteiger partial charge in [0.05, 0.1) is 0 Å². The van der Waals surface area contributed by atoms with E-state index >= 15 is 0 Å². The first kappa shape index (κ1) is 18.7. The van der Waals surface area contributed by atoms with E-state index in [0.29, 0.717) is 0 Å². The average molecular weight is 278 g/mol. The lowest BCUT2D eigenvalue weighted by Gasteiger charge is -2.26. The summed E-state index contributed by atoms with van der Waals surface area (Å²) < 4.78 is 0. The monoisotopic (exact) mass is 278 g/mol. The molecule has 0 spiro atoms. The van der Waals surface area contributed by atoms with Gasteiger partial charge in [0.2, 0.25) is 0 Å². The van der Waals surface area contributed by atoms with Crippen LogP contribution in [0, 0.1) is 0 Å². The molecular weight excluding hydrogens is 252 g/mol. The SMILES string of the molecule is CCN(CC)C(=S)N(C)C.CNC(=S)N(C)C. The zero-order valence-electron chi connectivity index (χ0n) is 12.1. The summed E-state index contributed by atoms with van der Waals surface area (Å²) in [6, 6.07) is 0. The van der Waals surface area contributed by atoms with Crippen molar-refractivity contribution in [3.05, 3.63) is 0 Å². The van der Waals surface area contributed by atoms with Crippen LogP contribution in [0.2, 0.25) is 0 Å². The maximum atomic E-state index is 5.15. The Hall–Kier alpha value is -0.620. The number of thiocarbonyl (C=S) groups is 2. The van der Waals surface area contributed by atoms with Crippen LogP contribution >= 0.6 is 24.4 Å². The Morgan fingerprint density at radius 3 is 1.41 bits per heavy atom. The summed E-state index contributed by atoms with van der Waals surface area (Å²) in [6.07, 6.45) is 0. The third-order valence-corrected chi connectivity index (χ3v) is 3.23. The Morgan fingerprint density at radius 1 is 0.941 bits per heavy atom. The first-order chi connectivity index (χ1) is 7.81. The van der Waals surface area contributed by atoms with Gasteiger partial charge in [-0.3, -0.25) is 0 Å². The highest BCUT2D eigenvalue weighted by Crippen LogP contribution is 1.93. The highest BCUT2D eigenvalue weighted by atomic mass is 32.1. The molecule has 0 aromatic rings. The van der Waals surface area contributed by atoms with E-state index in [4.69, 9.17) is 24.4 Å². The van der Waals surface area contributed by atoms with Crippen LogP contribution in [0.3, 0.4) is 0 Å². The lowest BCUT2D eigenvalue weighted by Crippen LogP contribution is -2.38. The van der Waals surface area contributed by atoms with Crippen molar-refractivity contribution in [2.24, 2.45) is 0 Å². The largest absolute Gasteiger partial charge is 0.366 e. The van der Waals surface area contributed by atoms with Gasteiger partial charge in [-0.2, -0.15) is 0 Å². The Bertz CT molecular complexity index is 226. The van der Waals surface area contributed by atoms with Crippen molar-refractivity contribution >= 4 is 34.7 Å². The molecule has 0 unspecified atom stereocenters. The molecule has 1 N–H and O–H groups in total. The molecule has 0 saturated carbocycles. The van der Waals surface area contributed by atoms with E-state index in [-0.39, 0.29) is 0 Å². The van der Waals surface area contributed by atoms with E-state index in [1.54, 1.807) is 0 Å². The quantitative estimate of drug-likeness (QED) is 0.762. The molecule has 4 nitrogen and oxygen atoms in total. The van der Waals surface area contributed by atoms with Gasteiger partial charge >= 0.3 is 0 Å². The van der Waals surface area contributed by atoms with Crippen molar-refractivity contribution < 1.29 is 0 Å². The second-order valence-corrected chi connectivity index (χ2v) is 4.55. The van der Waals surface area contributed by atoms with E-state index in [1.165, 1.54) is 0 Å². The van der Waals surface area contributed by atoms with Crippen LogP contribution in [-0.2, 0) is 0 Å². The predicted octanol–water partition coefficient (Wildman–Crippen LogP) is 1.23. The summed E-state index contributed by atoms with van der Waals surface area (Å²) in [5.41, 5.74) is 0. The maximum Gasteiger partial charge on any atom is 0.171 e. The van der Waals surface area contributed by atoms with E-state index in [2.05, 4.69) is 24.1 Å². The first-order valence-electron chi connectivity index (χ1n) is 5.66. The summed E-state index contributed by atoms with van der Waals surface area (Å²) in [4.78, 5) is 5.95. The summed E-state index contributed by atoms with van der Waals surface area (Å²) >= 11 is 9.94. The third kappa shape index (κ3) is 9.12. The van der Waals surface area contributed by atoms with Crippen LogP contribution in [0.25, 0.3) is 0 Å². The Kier molecular flexibility index (Phi) is 11.6. The van der Waals surface area contributed by atoms with E-state index in [0.717, 1.165) is 23.3 Å². The van der Waals surface area contributed by atoms with E-state index < -0.39 is 0 Å². The highest BCUT2D eigenvalue weighted by molar-refractivity contribution is 7.80. The molecule has 0 heterocycles. The fraction of sp³-hybridized carbons (Fsp3) is 0.818. The molecular formula is C11H26N4S2. The molecule has 0 aliphatic rings. The fourth-order valence-corrected chi connectivity index (χ4v) is 1.26. The van der Waals surface area contributed by atoms with Gasteiger partial charge in [0, 0.05) is 48.3 Å². The molecule has 0 aromatic heterocycles. The topological polar surface area (TPSA) is 21.8 Å². The minimum atomic E-state index is 0.764. The molecule has 0 aliphatic heterocycles. The van der Waals surface area contributed by atoms with Gasteiger partial charge in [0.15, 0.2) is 10.2 Å². The molecule has 17 heavy (non-hydrogen) atoms. The van der Waals surface area contributed by atoms with Gasteiger partial charge in [-0.25, -0.2) is 0 Å². The van der Waals surface area contributed by atoms with E-state index in [9.17, 15) is 0 Å². The summed E-state index contributed by atoms with van der Waals surface area (Å²) in [5.74, 6) is 0. The zero-order chi connectivity index (χ0) is 14.0.